The van der Waals surface area contributed by atoms with E-state index in [4.69, 9.17) is 16.9 Å². The molecule has 0 N–H and O–H groups in total. The Kier molecular flexibility index (Phi) is 4.38. The first-order valence-electron chi connectivity index (χ1n) is 4.22. The molecule has 0 unspecified atom stereocenters. The number of nitrogens with zero attached hydrogens (tertiary/aromatic N) is 1. The Hall–Kier alpha value is -0.810. The number of nitriles is 1. The van der Waals surface area contributed by atoms with Crippen LogP contribution in [0.1, 0.15) is 21.5 Å². The highest BCUT2D eigenvalue weighted by Crippen LogP contribution is 2.35. The van der Waals surface area contributed by atoms with Crippen molar-refractivity contribution in [2.24, 2.45) is 0 Å². The normalized spacial score (nSPS) is 11.1. The summed E-state index contributed by atoms with van der Waals surface area (Å²) in [7, 11) is 0. The van der Waals surface area contributed by atoms with Crippen LogP contribution in [0.15, 0.2) is 12.1 Å². The molecule has 1 aromatic carbocycles. The van der Waals surface area contributed by atoms with Gasteiger partial charge in [0.25, 0.3) is 0 Å². The highest BCUT2D eigenvalue weighted by molar-refractivity contribution is 14.1. The fourth-order valence-corrected chi connectivity index (χ4v) is 2.26. The van der Waals surface area contributed by atoms with Crippen molar-refractivity contribution in [3.05, 3.63) is 32.4 Å². The first kappa shape index (κ1) is 14.3. The van der Waals surface area contributed by atoms with E-state index in [1.54, 1.807) is 28.7 Å². The van der Waals surface area contributed by atoms with E-state index in [1.165, 1.54) is 0 Å². The number of Topliss-reactive ketones (excluding diaryl/α,β-unsaturated/α-hetero) is 1. The maximum absolute atomic E-state index is 12.7. The van der Waals surface area contributed by atoms with Crippen LogP contribution in [0.4, 0.5) is 13.2 Å². The number of alkyl halides is 4. The molecule has 0 aliphatic heterocycles. The molecule has 0 aliphatic carbocycles. The van der Waals surface area contributed by atoms with E-state index < -0.39 is 29.0 Å². The Balaban J connectivity index is 3.60. The van der Waals surface area contributed by atoms with Crippen LogP contribution in [0, 0.1) is 14.9 Å². The predicted molar refractivity (Wildman–Crippen MR) is 63.9 cm³/mol. The zero-order chi connectivity index (χ0) is 13.2. The second-order valence-electron chi connectivity index (χ2n) is 3.02. The third-order valence-electron chi connectivity index (χ3n) is 1.97. The van der Waals surface area contributed by atoms with E-state index in [2.05, 4.69) is 0 Å². The van der Waals surface area contributed by atoms with Gasteiger partial charge in [0.2, 0.25) is 0 Å². The Morgan fingerprint density at radius 3 is 2.47 bits per heavy atom. The van der Waals surface area contributed by atoms with Gasteiger partial charge in [0, 0.05) is 9.13 Å². The second kappa shape index (κ2) is 5.23. The van der Waals surface area contributed by atoms with Crippen LogP contribution in [-0.4, -0.2) is 11.7 Å². The van der Waals surface area contributed by atoms with Gasteiger partial charge in [-0.25, -0.2) is 0 Å². The second-order valence-corrected chi connectivity index (χ2v) is 4.36. The first-order chi connectivity index (χ1) is 7.82. The van der Waals surface area contributed by atoms with E-state index in [1.807, 2.05) is 0 Å². The molecule has 90 valence electrons. The lowest BCUT2D eigenvalue weighted by Crippen LogP contribution is -2.16. The maximum Gasteiger partial charge on any atom is 0.417 e. The minimum absolute atomic E-state index is 0.0204. The molecule has 0 spiro atoms. The molecule has 2 nitrogen and oxygen atoms in total. The molecule has 17 heavy (non-hydrogen) atoms. The molecule has 7 heteroatoms. The monoisotopic (exact) mass is 373 g/mol. The van der Waals surface area contributed by atoms with Crippen LogP contribution in [-0.2, 0) is 6.18 Å². The number of carbonyl (C=O) groups excluding carboxylic acids is 1. The molecule has 1 rings (SSSR count). The topological polar surface area (TPSA) is 40.9 Å². The summed E-state index contributed by atoms with van der Waals surface area (Å²) in [5, 5.41) is 8.71. The van der Waals surface area contributed by atoms with Gasteiger partial charge in [0.1, 0.15) is 6.07 Å². The van der Waals surface area contributed by atoms with E-state index >= 15 is 0 Å². The fraction of sp³-hybridized carbons (Fsp3) is 0.200. The SMILES string of the molecule is N#Cc1ccc(C(F)(F)F)c(C(=O)CCl)c1I. The summed E-state index contributed by atoms with van der Waals surface area (Å²) in [6.07, 6.45) is -4.65. The molecule has 0 fully saturated rings. The van der Waals surface area contributed by atoms with Crippen LogP contribution in [0.2, 0.25) is 0 Å². The molecule has 0 amide bonds. The van der Waals surface area contributed by atoms with Gasteiger partial charge in [-0.15, -0.1) is 11.6 Å². The lowest BCUT2D eigenvalue weighted by Gasteiger charge is -2.13. The zero-order valence-corrected chi connectivity index (χ0v) is 11.0. The van der Waals surface area contributed by atoms with Crippen molar-refractivity contribution in [3.8, 4) is 6.07 Å². The highest BCUT2D eigenvalue weighted by Gasteiger charge is 2.36. The number of carbonyl (C=O) groups is 1. The van der Waals surface area contributed by atoms with E-state index in [0.717, 1.165) is 12.1 Å². The number of benzene rings is 1. The summed E-state index contributed by atoms with van der Waals surface area (Å²) in [4.78, 5) is 11.4. The van der Waals surface area contributed by atoms with Crippen molar-refractivity contribution in [3.63, 3.8) is 0 Å². The first-order valence-corrected chi connectivity index (χ1v) is 5.83. The summed E-state index contributed by atoms with van der Waals surface area (Å²) in [6.45, 7) is 0. The molecule has 0 atom stereocenters. The van der Waals surface area contributed by atoms with E-state index in [9.17, 15) is 18.0 Å². The fourth-order valence-electron chi connectivity index (χ4n) is 1.24. The van der Waals surface area contributed by atoms with Crippen molar-refractivity contribution in [2.45, 2.75) is 6.18 Å². The zero-order valence-electron chi connectivity index (χ0n) is 8.11. The van der Waals surface area contributed by atoms with Crippen LogP contribution < -0.4 is 0 Å². The van der Waals surface area contributed by atoms with Gasteiger partial charge in [-0.3, -0.25) is 4.79 Å². The Bertz CT molecular complexity index is 507. The van der Waals surface area contributed by atoms with E-state index in [0.29, 0.717) is 0 Å². The van der Waals surface area contributed by atoms with Crippen LogP contribution >= 0.6 is 34.2 Å². The summed E-state index contributed by atoms with van der Waals surface area (Å²) >= 11 is 6.82. The molecule has 0 aliphatic rings. The average Bonchev–Trinajstić information content (AvgIpc) is 2.26. The lowest BCUT2D eigenvalue weighted by molar-refractivity contribution is -0.137. The van der Waals surface area contributed by atoms with Gasteiger partial charge in [0.05, 0.1) is 17.0 Å². The third-order valence-corrected chi connectivity index (χ3v) is 3.33. The van der Waals surface area contributed by atoms with Crippen molar-refractivity contribution >= 4 is 40.0 Å². The van der Waals surface area contributed by atoms with Gasteiger partial charge in [0.15, 0.2) is 5.78 Å². The molecule has 0 saturated heterocycles. The molecular weight excluding hydrogens is 369 g/mol. The average molecular weight is 373 g/mol. The summed E-state index contributed by atoms with van der Waals surface area (Å²) < 4.78 is 38.0. The van der Waals surface area contributed by atoms with Crippen molar-refractivity contribution in [2.75, 3.05) is 5.88 Å². The molecule has 0 saturated carbocycles. The van der Waals surface area contributed by atoms with Gasteiger partial charge >= 0.3 is 6.18 Å². The maximum atomic E-state index is 12.7. The standard InChI is InChI=1S/C10H4ClF3INO/c11-3-7(17)8-6(10(12,13)14)2-1-5(4-16)9(8)15/h1-2H,3H2. The molecule has 1 aromatic rings. The third kappa shape index (κ3) is 2.90. The van der Waals surface area contributed by atoms with Crippen LogP contribution in [0.25, 0.3) is 0 Å². The summed E-state index contributed by atoms with van der Waals surface area (Å²) in [5.41, 5.74) is -1.58. The highest BCUT2D eigenvalue weighted by atomic mass is 127. The van der Waals surface area contributed by atoms with Crippen molar-refractivity contribution in [1.29, 1.82) is 5.26 Å². The van der Waals surface area contributed by atoms with Crippen LogP contribution in [0.5, 0.6) is 0 Å². The number of hydrogen-bond donors (Lipinski definition) is 0. The molecule has 0 heterocycles. The Morgan fingerprint density at radius 1 is 1.47 bits per heavy atom. The van der Waals surface area contributed by atoms with Gasteiger partial charge in [-0.05, 0) is 34.7 Å². The molecular formula is C10H4ClF3INO. The van der Waals surface area contributed by atoms with Gasteiger partial charge < -0.3 is 0 Å². The smallest absolute Gasteiger partial charge is 0.293 e. The van der Waals surface area contributed by atoms with Crippen molar-refractivity contribution in [1.82, 2.24) is 0 Å². The predicted octanol–water partition coefficient (Wildman–Crippen LogP) is 3.60. The minimum atomic E-state index is -4.65. The lowest BCUT2D eigenvalue weighted by atomic mass is 10.0. The Morgan fingerprint density at radius 2 is 2.06 bits per heavy atom. The number of rotatable bonds is 2. The van der Waals surface area contributed by atoms with Gasteiger partial charge in [-0.1, -0.05) is 0 Å². The van der Waals surface area contributed by atoms with Crippen LogP contribution in [0.3, 0.4) is 0 Å². The molecule has 0 bridgehead atoms. The van der Waals surface area contributed by atoms with Crippen molar-refractivity contribution < 1.29 is 18.0 Å². The number of halogens is 5. The number of ketones is 1. The summed E-state index contributed by atoms with van der Waals surface area (Å²) in [5.74, 6) is -1.41. The Labute approximate surface area is 114 Å². The number of hydrogen-bond acceptors (Lipinski definition) is 2. The summed E-state index contributed by atoms with van der Waals surface area (Å²) in [6, 6.07) is 3.48. The van der Waals surface area contributed by atoms with Gasteiger partial charge in [-0.2, -0.15) is 18.4 Å². The molecule has 0 radical (unpaired) electrons. The largest absolute Gasteiger partial charge is 0.417 e. The molecule has 0 aromatic heterocycles. The minimum Gasteiger partial charge on any atom is -0.293 e. The van der Waals surface area contributed by atoms with E-state index in [-0.39, 0.29) is 9.13 Å². The quantitative estimate of drug-likeness (QED) is 0.451.